The van der Waals surface area contributed by atoms with Crippen molar-refractivity contribution in [2.24, 2.45) is 5.73 Å². The molecule has 0 saturated carbocycles. The first-order valence-corrected chi connectivity index (χ1v) is 7.20. The van der Waals surface area contributed by atoms with E-state index >= 15 is 0 Å². The van der Waals surface area contributed by atoms with Crippen molar-refractivity contribution in [3.05, 3.63) is 52.0 Å². The van der Waals surface area contributed by atoms with Crippen LogP contribution in [0, 0.1) is 0 Å². The molecule has 0 aliphatic heterocycles. The van der Waals surface area contributed by atoms with Gasteiger partial charge in [-0.1, -0.05) is 22.0 Å². The normalized spacial score (nSPS) is 11.9. The van der Waals surface area contributed by atoms with Crippen LogP contribution in [-0.4, -0.2) is 21.3 Å². The molecule has 0 saturated heterocycles. The van der Waals surface area contributed by atoms with Gasteiger partial charge in [0.2, 0.25) is 0 Å². The molecule has 21 heavy (non-hydrogen) atoms. The second-order valence-corrected chi connectivity index (χ2v) is 5.37. The minimum atomic E-state index is -0.297. The molecule has 0 amide bonds. The average molecular weight is 352 g/mol. The number of halogens is 1. The summed E-state index contributed by atoms with van der Waals surface area (Å²) in [4.78, 5) is 0. The molecule has 0 aliphatic rings. The Labute approximate surface area is 132 Å². The quantitative estimate of drug-likeness (QED) is 0.895. The van der Waals surface area contributed by atoms with E-state index in [-0.39, 0.29) is 6.04 Å². The van der Waals surface area contributed by atoms with Gasteiger partial charge in [-0.25, -0.2) is 0 Å². The van der Waals surface area contributed by atoms with E-state index in [9.17, 15) is 0 Å². The zero-order chi connectivity index (χ0) is 15.4. The van der Waals surface area contributed by atoms with Crippen LogP contribution in [0.25, 0.3) is 0 Å². The highest BCUT2D eigenvalue weighted by Crippen LogP contribution is 2.33. The standard InChI is InChI=1S/C16H18BrNO3/c1-19-11-4-5-14(15(17)9-11)16(18)10-6-12(20-2)8-13(7-10)21-3/h4-9,16H,18H2,1-3H3. The van der Waals surface area contributed by atoms with Crippen molar-refractivity contribution >= 4 is 15.9 Å². The van der Waals surface area contributed by atoms with Gasteiger partial charge in [0.15, 0.2) is 0 Å². The highest BCUT2D eigenvalue weighted by atomic mass is 79.9. The fourth-order valence-electron chi connectivity index (χ4n) is 2.08. The van der Waals surface area contributed by atoms with E-state index in [4.69, 9.17) is 19.9 Å². The lowest BCUT2D eigenvalue weighted by atomic mass is 9.99. The molecule has 4 nitrogen and oxygen atoms in total. The molecule has 5 heteroatoms. The third-order valence-corrected chi connectivity index (χ3v) is 3.96. The van der Waals surface area contributed by atoms with Gasteiger partial charge in [0.1, 0.15) is 17.2 Å². The van der Waals surface area contributed by atoms with Gasteiger partial charge in [-0.3, -0.25) is 0 Å². The molecule has 0 radical (unpaired) electrons. The zero-order valence-corrected chi connectivity index (χ0v) is 13.8. The number of benzene rings is 2. The number of hydrogen-bond donors (Lipinski definition) is 1. The Morgan fingerprint density at radius 3 is 1.90 bits per heavy atom. The first-order valence-electron chi connectivity index (χ1n) is 6.41. The fraction of sp³-hybridized carbons (Fsp3) is 0.250. The summed E-state index contributed by atoms with van der Waals surface area (Å²) in [6, 6.07) is 11.1. The molecule has 112 valence electrons. The number of nitrogens with two attached hydrogens (primary N) is 1. The van der Waals surface area contributed by atoms with E-state index in [1.807, 2.05) is 36.4 Å². The number of rotatable bonds is 5. The van der Waals surface area contributed by atoms with E-state index < -0.39 is 0 Å². The maximum atomic E-state index is 6.37. The van der Waals surface area contributed by atoms with Gasteiger partial charge in [0, 0.05) is 10.5 Å². The van der Waals surface area contributed by atoms with Crippen LogP contribution in [0.5, 0.6) is 17.2 Å². The molecule has 2 aromatic carbocycles. The van der Waals surface area contributed by atoms with Crippen LogP contribution < -0.4 is 19.9 Å². The van der Waals surface area contributed by atoms with Gasteiger partial charge in [0.05, 0.1) is 27.4 Å². The average Bonchev–Trinajstić information content (AvgIpc) is 2.53. The van der Waals surface area contributed by atoms with E-state index in [1.54, 1.807) is 21.3 Å². The van der Waals surface area contributed by atoms with Gasteiger partial charge in [0.25, 0.3) is 0 Å². The summed E-state index contributed by atoms with van der Waals surface area (Å²) in [6.07, 6.45) is 0. The number of ether oxygens (including phenoxy) is 3. The zero-order valence-electron chi connectivity index (χ0n) is 12.2. The third kappa shape index (κ3) is 3.49. The molecule has 0 bridgehead atoms. The fourth-order valence-corrected chi connectivity index (χ4v) is 2.68. The molecule has 0 spiro atoms. The van der Waals surface area contributed by atoms with Crippen molar-refractivity contribution in [3.63, 3.8) is 0 Å². The molecule has 0 aromatic heterocycles. The monoisotopic (exact) mass is 351 g/mol. The third-order valence-electron chi connectivity index (χ3n) is 3.28. The second kappa shape index (κ2) is 6.83. The van der Waals surface area contributed by atoms with Crippen LogP contribution in [-0.2, 0) is 0 Å². The molecule has 0 aliphatic carbocycles. The lowest BCUT2D eigenvalue weighted by Gasteiger charge is -2.17. The predicted octanol–water partition coefficient (Wildman–Crippen LogP) is 3.52. The van der Waals surface area contributed by atoms with Crippen LogP contribution >= 0.6 is 15.9 Å². The first-order chi connectivity index (χ1) is 10.1. The Hall–Kier alpha value is -1.72. The maximum absolute atomic E-state index is 6.37. The van der Waals surface area contributed by atoms with Crippen molar-refractivity contribution in [2.75, 3.05) is 21.3 Å². The highest BCUT2D eigenvalue weighted by Gasteiger charge is 2.15. The Morgan fingerprint density at radius 2 is 1.43 bits per heavy atom. The molecular weight excluding hydrogens is 334 g/mol. The summed E-state index contributed by atoms with van der Waals surface area (Å²) in [6.45, 7) is 0. The highest BCUT2D eigenvalue weighted by molar-refractivity contribution is 9.10. The van der Waals surface area contributed by atoms with Gasteiger partial charge in [-0.2, -0.15) is 0 Å². The maximum Gasteiger partial charge on any atom is 0.122 e. The van der Waals surface area contributed by atoms with Crippen molar-refractivity contribution in [1.29, 1.82) is 0 Å². The van der Waals surface area contributed by atoms with E-state index in [2.05, 4.69) is 15.9 Å². The summed E-state index contributed by atoms with van der Waals surface area (Å²) in [7, 11) is 4.87. The molecular formula is C16H18BrNO3. The predicted molar refractivity (Wildman–Crippen MR) is 86.3 cm³/mol. The summed E-state index contributed by atoms with van der Waals surface area (Å²) >= 11 is 3.53. The SMILES string of the molecule is COc1cc(OC)cc(C(N)c2ccc(OC)cc2Br)c1. The summed E-state index contributed by atoms with van der Waals surface area (Å²) < 4.78 is 16.7. The molecule has 0 fully saturated rings. The molecule has 2 N–H and O–H groups in total. The Bertz CT molecular complexity index is 609. The summed E-state index contributed by atoms with van der Waals surface area (Å²) in [5.74, 6) is 2.20. The topological polar surface area (TPSA) is 53.7 Å². The van der Waals surface area contributed by atoms with Gasteiger partial charge < -0.3 is 19.9 Å². The van der Waals surface area contributed by atoms with E-state index in [0.29, 0.717) is 11.5 Å². The van der Waals surface area contributed by atoms with Crippen LogP contribution in [0.3, 0.4) is 0 Å². The molecule has 1 unspecified atom stereocenters. The Balaban J connectivity index is 2.41. The largest absolute Gasteiger partial charge is 0.497 e. The lowest BCUT2D eigenvalue weighted by Crippen LogP contribution is -2.13. The van der Waals surface area contributed by atoms with Gasteiger partial charge in [-0.05, 0) is 35.4 Å². The Kier molecular flexibility index (Phi) is 5.09. The minimum absolute atomic E-state index is 0.297. The number of methoxy groups -OCH3 is 3. The smallest absolute Gasteiger partial charge is 0.122 e. The Morgan fingerprint density at radius 1 is 0.857 bits per heavy atom. The number of hydrogen-bond acceptors (Lipinski definition) is 4. The van der Waals surface area contributed by atoms with E-state index in [1.165, 1.54) is 0 Å². The molecule has 1 atom stereocenters. The van der Waals surface area contributed by atoms with Crippen LogP contribution in [0.15, 0.2) is 40.9 Å². The lowest BCUT2D eigenvalue weighted by molar-refractivity contribution is 0.393. The summed E-state index contributed by atoms with van der Waals surface area (Å²) in [5.41, 5.74) is 8.25. The molecule has 0 heterocycles. The van der Waals surface area contributed by atoms with Crippen molar-refractivity contribution < 1.29 is 14.2 Å². The molecule has 2 rings (SSSR count). The first kappa shape index (κ1) is 15.7. The molecule has 2 aromatic rings. The van der Waals surface area contributed by atoms with Gasteiger partial charge >= 0.3 is 0 Å². The van der Waals surface area contributed by atoms with Crippen LogP contribution in [0.1, 0.15) is 17.2 Å². The van der Waals surface area contributed by atoms with Crippen molar-refractivity contribution in [1.82, 2.24) is 0 Å². The minimum Gasteiger partial charge on any atom is -0.497 e. The second-order valence-electron chi connectivity index (χ2n) is 4.51. The van der Waals surface area contributed by atoms with Crippen LogP contribution in [0.4, 0.5) is 0 Å². The summed E-state index contributed by atoms with van der Waals surface area (Å²) in [5, 5.41) is 0. The van der Waals surface area contributed by atoms with Crippen molar-refractivity contribution in [2.45, 2.75) is 6.04 Å². The van der Waals surface area contributed by atoms with Crippen LogP contribution in [0.2, 0.25) is 0 Å². The van der Waals surface area contributed by atoms with Gasteiger partial charge in [-0.15, -0.1) is 0 Å². The van der Waals surface area contributed by atoms with Crippen molar-refractivity contribution in [3.8, 4) is 17.2 Å². The van der Waals surface area contributed by atoms with E-state index in [0.717, 1.165) is 21.3 Å².